The summed E-state index contributed by atoms with van der Waals surface area (Å²) in [5.41, 5.74) is 3.25. The molecule has 0 atom stereocenters. The van der Waals surface area contributed by atoms with Gasteiger partial charge >= 0.3 is 0 Å². The first kappa shape index (κ1) is 22.8. The third kappa shape index (κ3) is 6.32. The molecule has 0 aliphatic rings. The molecule has 3 N–H and O–H groups in total. The number of hydrogen-bond donors (Lipinski definition) is 3. The van der Waals surface area contributed by atoms with Crippen LogP contribution in [0.3, 0.4) is 0 Å². The lowest BCUT2D eigenvalue weighted by Gasteiger charge is -2.12. The summed E-state index contributed by atoms with van der Waals surface area (Å²) in [6.07, 6.45) is 1.39. The highest BCUT2D eigenvalue weighted by Gasteiger charge is 2.09. The number of pyridine rings is 1. The number of nitrogens with one attached hydrogen (secondary N) is 3. The van der Waals surface area contributed by atoms with E-state index < -0.39 is 5.95 Å². The van der Waals surface area contributed by atoms with Gasteiger partial charge in [0, 0.05) is 24.1 Å². The summed E-state index contributed by atoms with van der Waals surface area (Å²) in [5.74, 6) is -0.0388. The van der Waals surface area contributed by atoms with Gasteiger partial charge in [-0.15, -0.1) is 12.4 Å². The molecule has 2 aromatic heterocycles. The maximum Gasteiger partial charge on any atom is 0.233 e. The van der Waals surface area contributed by atoms with Gasteiger partial charge < -0.3 is 16.0 Å². The highest BCUT2D eigenvalue weighted by molar-refractivity contribution is 5.85. The highest BCUT2D eigenvalue weighted by Crippen LogP contribution is 2.19. The van der Waals surface area contributed by atoms with Crippen LogP contribution < -0.4 is 16.0 Å². The molecule has 0 fully saturated rings. The zero-order valence-corrected chi connectivity index (χ0v) is 17.8. The van der Waals surface area contributed by atoms with Gasteiger partial charge in [0.25, 0.3) is 0 Å². The highest BCUT2D eigenvalue weighted by atomic mass is 35.5. The second-order valence-electron chi connectivity index (χ2n) is 6.77. The molecule has 32 heavy (non-hydrogen) atoms. The summed E-state index contributed by atoms with van der Waals surface area (Å²) >= 11 is 0. The van der Waals surface area contributed by atoms with Crippen LogP contribution in [0.1, 0.15) is 11.1 Å². The van der Waals surface area contributed by atoms with Crippen molar-refractivity contribution in [2.45, 2.75) is 13.5 Å². The van der Waals surface area contributed by atoms with Gasteiger partial charge in [-0.2, -0.15) is 19.3 Å². The second kappa shape index (κ2) is 10.5. The Bertz CT molecular complexity index is 1110. The van der Waals surface area contributed by atoms with Crippen molar-refractivity contribution in [1.82, 2.24) is 19.9 Å². The van der Waals surface area contributed by atoms with Crippen LogP contribution in [0.15, 0.2) is 66.9 Å². The zero-order valence-electron chi connectivity index (χ0n) is 17.0. The largest absolute Gasteiger partial charge is 0.350 e. The minimum absolute atomic E-state index is 0. The number of halogens is 3. The number of aryl methyl sites for hydroxylation is 1. The Morgan fingerprint density at radius 3 is 1.91 bits per heavy atom. The summed E-state index contributed by atoms with van der Waals surface area (Å²) < 4.78 is 26.5. The van der Waals surface area contributed by atoms with Crippen LogP contribution in [0, 0.1) is 18.7 Å². The first-order chi connectivity index (χ1) is 15.0. The van der Waals surface area contributed by atoms with Crippen molar-refractivity contribution >= 4 is 41.6 Å². The van der Waals surface area contributed by atoms with Crippen molar-refractivity contribution in [3.8, 4) is 0 Å². The van der Waals surface area contributed by atoms with Crippen LogP contribution >= 0.6 is 12.4 Å². The van der Waals surface area contributed by atoms with Gasteiger partial charge in [0.1, 0.15) is 5.82 Å². The van der Waals surface area contributed by atoms with Gasteiger partial charge in [-0.05, 0) is 61.0 Å². The quantitative estimate of drug-likeness (QED) is 0.323. The Hall–Kier alpha value is -3.85. The smallest absolute Gasteiger partial charge is 0.233 e. The summed E-state index contributed by atoms with van der Waals surface area (Å²) in [6.45, 7) is 2.30. The molecule has 0 saturated heterocycles. The molecule has 164 valence electrons. The van der Waals surface area contributed by atoms with Gasteiger partial charge in [-0.1, -0.05) is 17.7 Å². The van der Waals surface area contributed by atoms with E-state index in [-0.39, 0.29) is 30.1 Å². The predicted octanol–water partition coefficient (Wildman–Crippen LogP) is 5.37. The van der Waals surface area contributed by atoms with Gasteiger partial charge in [0.15, 0.2) is 0 Å². The topological polar surface area (TPSA) is 87.7 Å². The van der Waals surface area contributed by atoms with Crippen LogP contribution in [0.4, 0.5) is 38.0 Å². The normalized spacial score (nSPS) is 10.2. The van der Waals surface area contributed by atoms with E-state index in [0.29, 0.717) is 23.7 Å². The van der Waals surface area contributed by atoms with E-state index >= 15 is 0 Å². The average molecular weight is 456 g/mol. The molecule has 4 rings (SSSR count). The minimum Gasteiger partial charge on any atom is -0.350 e. The van der Waals surface area contributed by atoms with Crippen LogP contribution in [0.25, 0.3) is 0 Å². The van der Waals surface area contributed by atoms with Crippen molar-refractivity contribution in [2.75, 3.05) is 16.0 Å². The Kier molecular flexibility index (Phi) is 7.45. The molecule has 0 aliphatic carbocycles. The number of nitrogens with zero attached hydrogens (tertiary/aromatic N) is 4. The summed E-state index contributed by atoms with van der Waals surface area (Å²) in [7, 11) is 0. The lowest BCUT2D eigenvalue weighted by molar-refractivity contribution is 0.581. The van der Waals surface area contributed by atoms with Crippen molar-refractivity contribution in [1.29, 1.82) is 0 Å². The van der Waals surface area contributed by atoms with E-state index in [2.05, 4.69) is 35.9 Å². The standard InChI is InChI=1S/C22H19F2N7.ClH/c1-14-2-6-17(7-3-14)27-21-29-20(26-13-15-10-11-25-19(24)12-15)30-22(31-21)28-18-8-4-16(23)5-9-18;/h2-12H,13H2,1H3,(H3,26,27,28,29,30,31);1H. The van der Waals surface area contributed by atoms with E-state index in [9.17, 15) is 8.78 Å². The first-order valence-electron chi connectivity index (χ1n) is 9.50. The average Bonchev–Trinajstić information content (AvgIpc) is 2.76. The number of rotatable bonds is 7. The number of benzene rings is 2. The molecule has 4 aromatic rings. The molecule has 7 nitrogen and oxygen atoms in total. The summed E-state index contributed by atoms with van der Waals surface area (Å²) in [6, 6.07) is 16.6. The van der Waals surface area contributed by atoms with E-state index in [1.54, 1.807) is 18.2 Å². The van der Waals surface area contributed by atoms with Crippen LogP contribution in [0.5, 0.6) is 0 Å². The third-order valence-corrected chi connectivity index (χ3v) is 4.29. The molecule has 0 saturated carbocycles. The minimum atomic E-state index is -0.560. The van der Waals surface area contributed by atoms with E-state index in [1.165, 1.54) is 24.4 Å². The molecule has 0 spiro atoms. The van der Waals surface area contributed by atoms with Crippen LogP contribution in [-0.4, -0.2) is 19.9 Å². The van der Waals surface area contributed by atoms with Crippen molar-refractivity contribution in [2.24, 2.45) is 0 Å². The summed E-state index contributed by atoms with van der Waals surface area (Å²) in [5, 5.41) is 9.24. The maximum absolute atomic E-state index is 13.3. The van der Waals surface area contributed by atoms with E-state index in [0.717, 1.165) is 11.3 Å². The van der Waals surface area contributed by atoms with E-state index in [1.807, 2.05) is 31.2 Å². The zero-order chi connectivity index (χ0) is 21.6. The molecular formula is C22H20ClF2N7. The van der Waals surface area contributed by atoms with E-state index in [4.69, 9.17) is 0 Å². The molecular weight excluding hydrogens is 436 g/mol. The third-order valence-electron chi connectivity index (χ3n) is 4.29. The fraction of sp³-hybridized carbons (Fsp3) is 0.0909. The van der Waals surface area contributed by atoms with Gasteiger partial charge in [-0.25, -0.2) is 9.37 Å². The van der Waals surface area contributed by atoms with Gasteiger partial charge in [0.2, 0.25) is 23.8 Å². The Morgan fingerprint density at radius 2 is 1.31 bits per heavy atom. The second-order valence-corrected chi connectivity index (χ2v) is 6.77. The monoisotopic (exact) mass is 455 g/mol. The maximum atomic E-state index is 13.3. The van der Waals surface area contributed by atoms with Crippen molar-refractivity contribution in [3.05, 3.63) is 89.8 Å². The van der Waals surface area contributed by atoms with Crippen LogP contribution in [0.2, 0.25) is 0 Å². The lowest BCUT2D eigenvalue weighted by Crippen LogP contribution is -2.10. The molecule has 0 unspecified atom stereocenters. The SMILES string of the molecule is Cc1ccc(Nc2nc(NCc3ccnc(F)c3)nc(Nc3ccc(F)cc3)n2)cc1.Cl. The molecule has 0 radical (unpaired) electrons. The summed E-state index contributed by atoms with van der Waals surface area (Å²) in [4.78, 5) is 16.7. The van der Waals surface area contributed by atoms with Gasteiger partial charge in [-0.3, -0.25) is 0 Å². The number of hydrogen-bond acceptors (Lipinski definition) is 7. The van der Waals surface area contributed by atoms with Gasteiger partial charge in [0.05, 0.1) is 0 Å². The molecule has 2 aromatic carbocycles. The molecule has 0 bridgehead atoms. The fourth-order valence-electron chi connectivity index (χ4n) is 2.73. The van der Waals surface area contributed by atoms with Crippen LogP contribution in [-0.2, 0) is 6.54 Å². The molecule has 0 aliphatic heterocycles. The molecule has 0 amide bonds. The van der Waals surface area contributed by atoms with Crippen molar-refractivity contribution < 1.29 is 8.78 Å². The number of aromatic nitrogens is 4. The molecule has 2 heterocycles. The first-order valence-corrected chi connectivity index (χ1v) is 9.50. The predicted molar refractivity (Wildman–Crippen MR) is 123 cm³/mol. The van der Waals surface area contributed by atoms with Crippen molar-refractivity contribution in [3.63, 3.8) is 0 Å². The lowest BCUT2D eigenvalue weighted by atomic mass is 10.2. The Morgan fingerprint density at radius 1 is 0.750 bits per heavy atom. The molecule has 10 heteroatoms. The Balaban J connectivity index is 0.00000289. The number of anilines is 5. The Labute approximate surface area is 189 Å². The fourth-order valence-corrected chi connectivity index (χ4v) is 2.73.